The first kappa shape index (κ1) is 16.2. The predicted octanol–water partition coefficient (Wildman–Crippen LogP) is 5.29. The van der Waals surface area contributed by atoms with Gasteiger partial charge in [0.05, 0.1) is 10.7 Å². The molecule has 1 aromatic carbocycles. The van der Waals surface area contributed by atoms with Gasteiger partial charge in [-0.1, -0.05) is 48.3 Å². The maximum absolute atomic E-state index is 6.31. The van der Waals surface area contributed by atoms with Crippen LogP contribution in [-0.2, 0) is 5.41 Å². The fourth-order valence-corrected chi connectivity index (χ4v) is 2.46. The zero-order valence-corrected chi connectivity index (χ0v) is 15.0. The molecular formula is C16H19BrClN3. The van der Waals surface area contributed by atoms with E-state index in [1.165, 1.54) is 0 Å². The van der Waals surface area contributed by atoms with Gasteiger partial charge >= 0.3 is 0 Å². The first-order valence-corrected chi connectivity index (χ1v) is 8.07. The summed E-state index contributed by atoms with van der Waals surface area (Å²) in [5.74, 6) is 1.47. The largest absolute Gasteiger partial charge is 0.370 e. The monoisotopic (exact) mass is 367 g/mol. The van der Waals surface area contributed by atoms with E-state index in [0.717, 1.165) is 28.1 Å². The molecule has 1 heterocycles. The molecule has 1 aromatic heterocycles. The molecule has 0 atom stereocenters. The van der Waals surface area contributed by atoms with Gasteiger partial charge in [-0.15, -0.1) is 0 Å². The van der Waals surface area contributed by atoms with Gasteiger partial charge in [0, 0.05) is 28.1 Å². The first-order valence-electron chi connectivity index (χ1n) is 6.90. The average Bonchev–Trinajstić information content (AvgIpc) is 2.40. The van der Waals surface area contributed by atoms with Crippen LogP contribution in [0.3, 0.4) is 0 Å². The molecule has 3 nitrogen and oxygen atoms in total. The minimum absolute atomic E-state index is 0.0552. The lowest BCUT2D eigenvalue weighted by Gasteiger charge is -2.20. The number of hydrogen-bond donors (Lipinski definition) is 1. The van der Waals surface area contributed by atoms with Gasteiger partial charge in [0.2, 0.25) is 0 Å². The van der Waals surface area contributed by atoms with Crippen molar-refractivity contribution in [2.75, 3.05) is 11.9 Å². The summed E-state index contributed by atoms with van der Waals surface area (Å²) in [6.07, 6.45) is 0. The van der Waals surface area contributed by atoms with E-state index in [-0.39, 0.29) is 5.41 Å². The minimum Gasteiger partial charge on any atom is -0.370 e. The molecule has 0 spiro atoms. The van der Waals surface area contributed by atoms with E-state index in [9.17, 15) is 0 Å². The number of rotatable bonds is 3. The Morgan fingerprint density at radius 2 is 1.90 bits per heavy atom. The highest BCUT2D eigenvalue weighted by atomic mass is 79.9. The smallest absolute Gasteiger partial charge is 0.163 e. The summed E-state index contributed by atoms with van der Waals surface area (Å²) >= 11 is 9.78. The van der Waals surface area contributed by atoms with E-state index >= 15 is 0 Å². The molecule has 2 aromatic rings. The van der Waals surface area contributed by atoms with E-state index < -0.39 is 0 Å². The van der Waals surface area contributed by atoms with Crippen molar-refractivity contribution in [3.63, 3.8) is 0 Å². The van der Waals surface area contributed by atoms with Crippen LogP contribution in [0.15, 0.2) is 28.7 Å². The summed E-state index contributed by atoms with van der Waals surface area (Å²) in [5.41, 5.74) is 1.76. The van der Waals surface area contributed by atoms with Gasteiger partial charge in [-0.2, -0.15) is 0 Å². The summed E-state index contributed by atoms with van der Waals surface area (Å²) in [6, 6.07) is 7.70. The van der Waals surface area contributed by atoms with Crippen molar-refractivity contribution >= 4 is 33.3 Å². The third kappa shape index (κ3) is 3.95. The highest BCUT2D eigenvalue weighted by molar-refractivity contribution is 9.10. The maximum atomic E-state index is 6.31. The minimum atomic E-state index is -0.0552. The highest BCUT2D eigenvalue weighted by Gasteiger charge is 2.19. The molecule has 112 valence electrons. The fraction of sp³-hybridized carbons (Fsp3) is 0.375. The van der Waals surface area contributed by atoms with Crippen LogP contribution in [0.25, 0.3) is 11.4 Å². The van der Waals surface area contributed by atoms with Crippen molar-refractivity contribution in [2.24, 2.45) is 0 Å². The van der Waals surface area contributed by atoms with Crippen LogP contribution in [-0.4, -0.2) is 16.5 Å². The molecule has 0 saturated carbocycles. The molecule has 21 heavy (non-hydrogen) atoms. The normalized spacial score (nSPS) is 11.5. The van der Waals surface area contributed by atoms with Gasteiger partial charge in [0.1, 0.15) is 5.82 Å². The number of halogens is 2. The Hall–Kier alpha value is -1.13. The van der Waals surface area contributed by atoms with Crippen molar-refractivity contribution in [3.05, 3.63) is 39.5 Å². The Bertz CT molecular complexity index is 650. The number of nitrogens with one attached hydrogen (secondary N) is 1. The van der Waals surface area contributed by atoms with Crippen LogP contribution in [0.2, 0.25) is 5.02 Å². The Morgan fingerprint density at radius 3 is 2.52 bits per heavy atom. The van der Waals surface area contributed by atoms with Gasteiger partial charge in [0.15, 0.2) is 5.82 Å². The number of anilines is 1. The molecule has 5 heteroatoms. The molecule has 0 bridgehead atoms. The second-order valence-corrected chi connectivity index (χ2v) is 7.19. The Kier molecular flexibility index (Phi) is 4.89. The molecule has 1 N–H and O–H groups in total. The quantitative estimate of drug-likeness (QED) is 0.800. The van der Waals surface area contributed by atoms with Crippen LogP contribution < -0.4 is 5.32 Å². The van der Waals surface area contributed by atoms with E-state index in [1.54, 1.807) is 0 Å². The summed E-state index contributed by atoms with van der Waals surface area (Å²) < 4.78 is 0.955. The zero-order chi connectivity index (χ0) is 15.6. The van der Waals surface area contributed by atoms with Crippen LogP contribution in [0, 0.1) is 0 Å². The summed E-state index contributed by atoms with van der Waals surface area (Å²) in [4.78, 5) is 9.28. The van der Waals surface area contributed by atoms with Crippen molar-refractivity contribution in [2.45, 2.75) is 33.1 Å². The molecule has 0 fully saturated rings. The van der Waals surface area contributed by atoms with Crippen LogP contribution in [0.5, 0.6) is 0 Å². The average molecular weight is 369 g/mol. The third-order valence-corrected chi connectivity index (χ3v) is 3.84. The standard InChI is InChI=1S/C16H19BrClN3/c1-5-19-14-9-13(16(2,3)4)20-15(21-14)11-8-10(17)6-7-12(11)18/h6-9H,5H2,1-4H3,(H,19,20,21). The lowest BCUT2D eigenvalue weighted by molar-refractivity contribution is 0.568. The van der Waals surface area contributed by atoms with Gasteiger partial charge in [-0.25, -0.2) is 9.97 Å². The SMILES string of the molecule is CCNc1cc(C(C)(C)C)nc(-c2cc(Br)ccc2Cl)n1. The molecule has 0 amide bonds. The number of hydrogen-bond acceptors (Lipinski definition) is 3. The summed E-state index contributed by atoms with van der Waals surface area (Å²) in [5, 5.41) is 3.90. The molecule has 0 aliphatic heterocycles. The van der Waals surface area contributed by atoms with Gasteiger partial charge in [0.25, 0.3) is 0 Å². The van der Waals surface area contributed by atoms with Gasteiger partial charge < -0.3 is 5.32 Å². The van der Waals surface area contributed by atoms with Crippen LogP contribution >= 0.6 is 27.5 Å². The summed E-state index contributed by atoms with van der Waals surface area (Å²) in [7, 11) is 0. The lowest BCUT2D eigenvalue weighted by atomic mass is 9.91. The molecule has 0 aliphatic carbocycles. The molecule has 0 aliphatic rings. The third-order valence-electron chi connectivity index (χ3n) is 3.02. The van der Waals surface area contributed by atoms with Crippen LogP contribution in [0.1, 0.15) is 33.4 Å². The first-order chi connectivity index (χ1) is 9.81. The molecule has 0 unspecified atom stereocenters. The topological polar surface area (TPSA) is 37.8 Å². The Labute approximate surface area is 139 Å². The van der Waals surface area contributed by atoms with E-state index in [4.69, 9.17) is 16.6 Å². The Morgan fingerprint density at radius 1 is 1.19 bits per heavy atom. The second-order valence-electron chi connectivity index (χ2n) is 5.87. The van der Waals surface area contributed by atoms with Gasteiger partial charge in [-0.05, 0) is 25.1 Å². The van der Waals surface area contributed by atoms with Crippen molar-refractivity contribution in [3.8, 4) is 11.4 Å². The number of aromatic nitrogens is 2. The van der Waals surface area contributed by atoms with E-state index in [2.05, 4.69) is 47.0 Å². The van der Waals surface area contributed by atoms with Crippen LogP contribution in [0.4, 0.5) is 5.82 Å². The second kappa shape index (κ2) is 6.32. The predicted molar refractivity (Wildman–Crippen MR) is 93.0 cm³/mol. The molecule has 0 radical (unpaired) electrons. The van der Waals surface area contributed by atoms with Crippen molar-refractivity contribution in [1.82, 2.24) is 9.97 Å². The van der Waals surface area contributed by atoms with Gasteiger partial charge in [-0.3, -0.25) is 0 Å². The highest BCUT2D eigenvalue weighted by Crippen LogP contribution is 2.31. The zero-order valence-electron chi connectivity index (χ0n) is 12.7. The number of nitrogens with zero attached hydrogens (tertiary/aromatic N) is 2. The van der Waals surface area contributed by atoms with E-state index in [1.807, 2.05) is 31.2 Å². The molecule has 0 saturated heterocycles. The number of benzene rings is 1. The van der Waals surface area contributed by atoms with Crippen molar-refractivity contribution in [1.29, 1.82) is 0 Å². The Balaban J connectivity index is 2.62. The molecule has 2 rings (SSSR count). The fourth-order valence-electron chi connectivity index (χ4n) is 1.89. The lowest BCUT2D eigenvalue weighted by Crippen LogP contribution is -2.16. The summed E-state index contributed by atoms with van der Waals surface area (Å²) in [6.45, 7) is 9.27. The van der Waals surface area contributed by atoms with Crippen molar-refractivity contribution < 1.29 is 0 Å². The maximum Gasteiger partial charge on any atom is 0.163 e. The molecular weight excluding hydrogens is 350 g/mol. The van der Waals surface area contributed by atoms with E-state index in [0.29, 0.717) is 10.8 Å².